The van der Waals surface area contributed by atoms with Crippen molar-refractivity contribution < 1.29 is 4.74 Å². The topological polar surface area (TPSA) is 63.2 Å². The summed E-state index contributed by atoms with van der Waals surface area (Å²) < 4.78 is 5.19. The third-order valence-electron chi connectivity index (χ3n) is 3.10. The summed E-state index contributed by atoms with van der Waals surface area (Å²) in [7, 11) is 1.73. The van der Waals surface area contributed by atoms with Gasteiger partial charge in [-0.2, -0.15) is 15.0 Å². The zero-order chi connectivity index (χ0) is 13.7. The van der Waals surface area contributed by atoms with Crippen molar-refractivity contribution in [3.63, 3.8) is 0 Å². The number of aromatic nitrogens is 3. The molecule has 0 bridgehead atoms. The summed E-state index contributed by atoms with van der Waals surface area (Å²) in [4.78, 5) is 14.8. The highest BCUT2D eigenvalue weighted by atomic mass is 35.5. The number of halogens is 1. The Hall–Kier alpha value is -1.14. The first-order chi connectivity index (χ1) is 9.22. The van der Waals surface area contributed by atoms with Crippen LogP contribution in [0.1, 0.15) is 19.8 Å². The molecule has 1 aliphatic rings. The molecule has 1 aromatic rings. The number of ether oxygens (including phenoxy) is 1. The summed E-state index contributed by atoms with van der Waals surface area (Å²) >= 11 is 5.95. The van der Waals surface area contributed by atoms with E-state index in [1.165, 1.54) is 0 Å². The molecular formula is C12H20ClN5O. The van der Waals surface area contributed by atoms with Crippen LogP contribution in [0.4, 0.5) is 11.9 Å². The molecular weight excluding hydrogens is 266 g/mol. The van der Waals surface area contributed by atoms with E-state index in [1.807, 2.05) is 0 Å². The molecule has 106 valence electrons. The lowest BCUT2D eigenvalue weighted by Crippen LogP contribution is -2.24. The number of rotatable bonds is 6. The van der Waals surface area contributed by atoms with Gasteiger partial charge in [-0.25, -0.2) is 0 Å². The molecule has 1 aliphatic heterocycles. The average molecular weight is 286 g/mol. The quantitative estimate of drug-likeness (QED) is 0.860. The highest BCUT2D eigenvalue weighted by Crippen LogP contribution is 2.22. The van der Waals surface area contributed by atoms with E-state index in [1.54, 1.807) is 7.11 Å². The zero-order valence-corrected chi connectivity index (χ0v) is 12.2. The first-order valence-corrected chi connectivity index (χ1v) is 7.00. The second-order valence-corrected chi connectivity index (χ2v) is 5.05. The minimum absolute atomic E-state index is 0.235. The molecule has 0 radical (unpaired) electrons. The van der Waals surface area contributed by atoms with Gasteiger partial charge in [0.2, 0.25) is 17.2 Å². The Bertz CT molecular complexity index is 417. The standard InChI is InChI=1S/C12H20ClN5O/c1-3-5-14-11-15-10(13)16-12(17-11)18-6-4-9(7-18)8-19-2/h9H,3-8H2,1-2H3,(H,14,15,16,17). The molecule has 1 atom stereocenters. The van der Waals surface area contributed by atoms with Crippen molar-refractivity contribution in [1.82, 2.24) is 15.0 Å². The average Bonchev–Trinajstić information content (AvgIpc) is 2.85. The number of nitrogens with one attached hydrogen (secondary N) is 1. The van der Waals surface area contributed by atoms with Gasteiger partial charge < -0.3 is 15.0 Å². The van der Waals surface area contributed by atoms with Gasteiger partial charge in [0.25, 0.3) is 0 Å². The monoisotopic (exact) mass is 285 g/mol. The number of hydrogen-bond acceptors (Lipinski definition) is 6. The first kappa shape index (κ1) is 14.3. The molecule has 1 saturated heterocycles. The van der Waals surface area contributed by atoms with Crippen molar-refractivity contribution in [1.29, 1.82) is 0 Å². The van der Waals surface area contributed by atoms with E-state index in [4.69, 9.17) is 16.3 Å². The third kappa shape index (κ3) is 3.91. The minimum atomic E-state index is 0.235. The van der Waals surface area contributed by atoms with Crippen molar-refractivity contribution in [2.45, 2.75) is 19.8 Å². The highest BCUT2D eigenvalue weighted by molar-refractivity contribution is 6.28. The highest BCUT2D eigenvalue weighted by Gasteiger charge is 2.25. The van der Waals surface area contributed by atoms with Gasteiger partial charge in [-0.1, -0.05) is 6.92 Å². The van der Waals surface area contributed by atoms with E-state index in [0.29, 0.717) is 17.8 Å². The van der Waals surface area contributed by atoms with Crippen molar-refractivity contribution in [2.75, 3.05) is 43.6 Å². The molecule has 0 aromatic carbocycles. The van der Waals surface area contributed by atoms with Gasteiger partial charge in [0.1, 0.15) is 0 Å². The van der Waals surface area contributed by atoms with Crippen molar-refractivity contribution in [3.8, 4) is 0 Å². The van der Waals surface area contributed by atoms with Gasteiger partial charge >= 0.3 is 0 Å². The van der Waals surface area contributed by atoms with Gasteiger partial charge in [0.05, 0.1) is 6.61 Å². The Morgan fingerprint density at radius 1 is 1.42 bits per heavy atom. The van der Waals surface area contributed by atoms with E-state index in [9.17, 15) is 0 Å². The fraction of sp³-hybridized carbons (Fsp3) is 0.750. The zero-order valence-electron chi connectivity index (χ0n) is 11.4. The summed E-state index contributed by atoms with van der Waals surface area (Å²) in [6.07, 6.45) is 2.10. The van der Waals surface area contributed by atoms with E-state index in [2.05, 4.69) is 32.1 Å². The summed E-state index contributed by atoms with van der Waals surface area (Å²) in [5, 5.41) is 3.37. The van der Waals surface area contributed by atoms with Crippen molar-refractivity contribution >= 4 is 23.5 Å². The fourth-order valence-corrected chi connectivity index (χ4v) is 2.34. The fourth-order valence-electron chi connectivity index (χ4n) is 2.18. The molecule has 1 fully saturated rings. The molecule has 1 aromatic heterocycles. The van der Waals surface area contributed by atoms with Crippen LogP contribution in [0.2, 0.25) is 5.28 Å². The molecule has 0 amide bonds. The predicted molar refractivity (Wildman–Crippen MR) is 75.8 cm³/mol. The number of hydrogen-bond donors (Lipinski definition) is 1. The minimum Gasteiger partial charge on any atom is -0.384 e. The molecule has 1 N–H and O–H groups in total. The van der Waals surface area contributed by atoms with E-state index in [0.717, 1.165) is 39.1 Å². The van der Waals surface area contributed by atoms with Crippen molar-refractivity contribution in [3.05, 3.63) is 5.28 Å². The normalized spacial score (nSPS) is 18.9. The summed E-state index contributed by atoms with van der Waals surface area (Å²) in [6.45, 7) is 5.53. The van der Waals surface area contributed by atoms with E-state index >= 15 is 0 Å². The van der Waals surface area contributed by atoms with Crippen LogP contribution >= 0.6 is 11.6 Å². The second kappa shape index (κ2) is 6.86. The van der Waals surface area contributed by atoms with Crippen LogP contribution in [0.5, 0.6) is 0 Å². The summed E-state index contributed by atoms with van der Waals surface area (Å²) in [5.74, 6) is 1.73. The molecule has 6 nitrogen and oxygen atoms in total. The lowest BCUT2D eigenvalue weighted by Gasteiger charge is -2.17. The largest absolute Gasteiger partial charge is 0.384 e. The Morgan fingerprint density at radius 2 is 2.26 bits per heavy atom. The van der Waals surface area contributed by atoms with Crippen LogP contribution in [0.3, 0.4) is 0 Å². The Morgan fingerprint density at radius 3 is 3.00 bits per heavy atom. The first-order valence-electron chi connectivity index (χ1n) is 6.62. The van der Waals surface area contributed by atoms with Gasteiger partial charge in [-0.05, 0) is 24.4 Å². The van der Waals surface area contributed by atoms with E-state index < -0.39 is 0 Å². The van der Waals surface area contributed by atoms with Crippen LogP contribution in [0, 0.1) is 5.92 Å². The maximum absolute atomic E-state index is 5.95. The van der Waals surface area contributed by atoms with Gasteiger partial charge in [-0.3, -0.25) is 0 Å². The van der Waals surface area contributed by atoms with Crippen LogP contribution in [0.15, 0.2) is 0 Å². The van der Waals surface area contributed by atoms with Crippen molar-refractivity contribution in [2.24, 2.45) is 5.92 Å². The molecule has 2 rings (SSSR count). The van der Waals surface area contributed by atoms with Gasteiger partial charge in [-0.15, -0.1) is 0 Å². The smallest absolute Gasteiger partial charge is 0.231 e. The maximum atomic E-state index is 5.95. The van der Waals surface area contributed by atoms with Crippen LogP contribution in [-0.4, -0.2) is 48.3 Å². The molecule has 0 spiro atoms. The molecule has 2 heterocycles. The number of nitrogens with zero attached hydrogens (tertiary/aromatic N) is 4. The lowest BCUT2D eigenvalue weighted by molar-refractivity contribution is 0.161. The maximum Gasteiger partial charge on any atom is 0.231 e. The molecule has 7 heteroatoms. The SMILES string of the molecule is CCCNc1nc(Cl)nc(N2CCC(COC)C2)n1. The molecule has 0 saturated carbocycles. The van der Waals surface area contributed by atoms with E-state index in [-0.39, 0.29) is 5.28 Å². The van der Waals surface area contributed by atoms with Crippen LogP contribution in [0.25, 0.3) is 0 Å². The molecule has 1 unspecified atom stereocenters. The van der Waals surface area contributed by atoms with Gasteiger partial charge in [0, 0.05) is 32.7 Å². The molecule has 19 heavy (non-hydrogen) atoms. The molecule has 0 aliphatic carbocycles. The number of anilines is 2. The Balaban J connectivity index is 2.05. The predicted octanol–water partition coefficient (Wildman–Crippen LogP) is 1.82. The number of methoxy groups -OCH3 is 1. The summed E-state index contributed by atoms with van der Waals surface area (Å²) in [5.41, 5.74) is 0. The Labute approximate surface area is 118 Å². The van der Waals surface area contributed by atoms with Crippen LogP contribution < -0.4 is 10.2 Å². The third-order valence-corrected chi connectivity index (χ3v) is 3.27. The summed E-state index contributed by atoms with van der Waals surface area (Å²) in [6, 6.07) is 0. The van der Waals surface area contributed by atoms with Gasteiger partial charge in [0.15, 0.2) is 0 Å². The second-order valence-electron chi connectivity index (χ2n) is 4.71. The lowest BCUT2D eigenvalue weighted by atomic mass is 10.1. The van der Waals surface area contributed by atoms with Crippen LogP contribution in [-0.2, 0) is 4.74 Å². The Kier molecular flexibility index (Phi) is 5.15.